The molecule has 2 N–H and O–H groups in total. The number of imide groups is 1. The van der Waals surface area contributed by atoms with Crippen molar-refractivity contribution in [1.29, 1.82) is 0 Å². The molecule has 1 saturated heterocycles. The van der Waals surface area contributed by atoms with Crippen LogP contribution in [0.25, 0.3) is 0 Å². The van der Waals surface area contributed by atoms with Crippen LogP contribution in [0.4, 0.5) is 4.79 Å². The monoisotopic (exact) mass is 196 g/mol. The number of hydrogen-bond acceptors (Lipinski definition) is 2. The van der Waals surface area contributed by atoms with Crippen LogP contribution >= 0.6 is 0 Å². The smallest absolute Gasteiger partial charge is 0.322 e. The molecular weight excluding hydrogens is 180 g/mol. The van der Waals surface area contributed by atoms with E-state index in [1.54, 1.807) is 0 Å². The second-order valence-electron chi connectivity index (χ2n) is 5.33. The third-order valence-electron chi connectivity index (χ3n) is 3.43. The highest BCUT2D eigenvalue weighted by Gasteiger charge is 2.57. The summed E-state index contributed by atoms with van der Waals surface area (Å²) in [7, 11) is 0. The normalized spacial score (nSPS) is 40.1. The van der Waals surface area contributed by atoms with E-state index in [9.17, 15) is 9.59 Å². The van der Waals surface area contributed by atoms with Gasteiger partial charge in [-0.3, -0.25) is 10.1 Å². The van der Waals surface area contributed by atoms with Gasteiger partial charge in [-0.1, -0.05) is 20.8 Å². The number of carbonyl (C=O) groups excluding carboxylic acids is 2. The third-order valence-corrected chi connectivity index (χ3v) is 3.43. The molecule has 0 radical (unpaired) electrons. The SMILES string of the molecule is CC1CC(C)(C)CC12NC(=O)NC2=O. The molecule has 0 aromatic rings. The van der Waals surface area contributed by atoms with Crippen LogP contribution in [0.2, 0.25) is 0 Å². The summed E-state index contributed by atoms with van der Waals surface area (Å²) < 4.78 is 0. The highest BCUT2D eigenvalue weighted by Crippen LogP contribution is 2.48. The van der Waals surface area contributed by atoms with Gasteiger partial charge in [-0.05, 0) is 24.2 Å². The van der Waals surface area contributed by atoms with Crippen molar-refractivity contribution in [3.63, 3.8) is 0 Å². The van der Waals surface area contributed by atoms with Crippen LogP contribution in [-0.2, 0) is 4.79 Å². The summed E-state index contributed by atoms with van der Waals surface area (Å²) in [6, 6.07) is -0.348. The molecule has 1 saturated carbocycles. The summed E-state index contributed by atoms with van der Waals surface area (Å²) in [6.45, 7) is 6.30. The van der Waals surface area contributed by atoms with E-state index in [0.717, 1.165) is 12.8 Å². The molecule has 4 heteroatoms. The van der Waals surface area contributed by atoms with Crippen LogP contribution in [0.15, 0.2) is 0 Å². The van der Waals surface area contributed by atoms with Crippen molar-refractivity contribution in [1.82, 2.24) is 10.6 Å². The summed E-state index contributed by atoms with van der Waals surface area (Å²) in [5.74, 6) is 0.0597. The minimum absolute atomic E-state index is 0.133. The number of rotatable bonds is 0. The van der Waals surface area contributed by atoms with Gasteiger partial charge in [-0.2, -0.15) is 0 Å². The molecule has 2 rings (SSSR count). The van der Waals surface area contributed by atoms with Gasteiger partial charge in [-0.15, -0.1) is 0 Å². The zero-order valence-corrected chi connectivity index (χ0v) is 8.81. The van der Waals surface area contributed by atoms with Crippen LogP contribution in [-0.4, -0.2) is 17.5 Å². The average molecular weight is 196 g/mol. The number of nitrogens with one attached hydrogen (secondary N) is 2. The molecular formula is C10H16N2O2. The van der Waals surface area contributed by atoms with Crippen LogP contribution in [0, 0.1) is 11.3 Å². The standard InChI is InChI=1S/C10H16N2O2/c1-6-4-9(2,3)5-10(6)7(13)11-8(14)12-10/h6H,4-5H2,1-3H3,(H2,11,12,13,14). The molecule has 1 aliphatic heterocycles. The molecule has 1 aliphatic carbocycles. The van der Waals surface area contributed by atoms with E-state index in [4.69, 9.17) is 0 Å². The molecule has 1 heterocycles. The Bertz CT molecular complexity index is 311. The summed E-state index contributed by atoms with van der Waals surface area (Å²) in [4.78, 5) is 22.8. The van der Waals surface area contributed by atoms with Crippen molar-refractivity contribution in [2.24, 2.45) is 11.3 Å². The van der Waals surface area contributed by atoms with E-state index in [1.807, 2.05) is 6.92 Å². The van der Waals surface area contributed by atoms with Crippen molar-refractivity contribution in [3.8, 4) is 0 Å². The molecule has 14 heavy (non-hydrogen) atoms. The van der Waals surface area contributed by atoms with Gasteiger partial charge in [0.05, 0.1) is 0 Å². The summed E-state index contributed by atoms with van der Waals surface area (Å²) >= 11 is 0. The molecule has 0 aromatic carbocycles. The fourth-order valence-electron chi connectivity index (χ4n) is 2.98. The minimum Gasteiger partial charge on any atom is -0.323 e. The Morgan fingerprint density at radius 2 is 2.00 bits per heavy atom. The van der Waals surface area contributed by atoms with Crippen LogP contribution in [0.3, 0.4) is 0 Å². The average Bonchev–Trinajstić information content (AvgIpc) is 2.35. The van der Waals surface area contributed by atoms with Crippen molar-refractivity contribution < 1.29 is 9.59 Å². The van der Waals surface area contributed by atoms with Gasteiger partial charge >= 0.3 is 6.03 Å². The second kappa shape index (κ2) is 2.49. The Morgan fingerprint density at radius 3 is 2.36 bits per heavy atom. The van der Waals surface area contributed by atoms with Crippen LogP contribution in [0.1, 0.15) is 33.6 Å². The first-order chi connectivity index (χ1) is 6.36. The molecule has 1 spiro atoms. The molecule has 2 fully saturated rings. The topological polar surface area (TPSA) is 58.2 Å². The maximum Gasteiger partial charge on any atom is 0.322 e. The predicted octanol–water partition coefficient (Wildman–Crippen LogP) is 1.02. The molecule has 2 unspecified atom stereocenters. The van der Waals surface area contributed by atoms with Gasteiger partial charge in [0.15, 0.2) is 0 Å². The molecule has 2 atom stereocenters. The van der Waals surface area contributed by atoms with Gasteiger partial charge < -0.3 is 5.32 Å². The lowest BCUT2D eigenvalue weighted by Gasteiger charge is -2.25. The number of amides is 3. The fourth-order valence-corrected chi connectivity index (χ4v) is 2.98. The molecule has 3 amide bonds. The van der Waals surface area contributed by atoms with E-state index in [2.05, 4.69) is 24.5 Å². The zero-order chi connectivity index (χ0) is 10.6. The second-order valence-corrected chi connectivity index (χ2v) is 5.33. The van der Waals surface area contributed by atoms with E-state index >= 15 is 0 Å². The Labute approximate surface area is 83.4 Å². The quantitative estimate of drug-likeness (QED) is 0.568. The lowest BCUT2D eigenvalue weighted by molar-refractivity contribution is -0.125. The van der Waals surface area contributed by atoms with Gasteiger partial charge in [-0.25, -0.2) is 4.79 Å². The lowest BCUT2D eigenvalue weighted by Crippen LogP contribution is -2.49. The fraction of sp³-hybridized carbons (Fsp3) is 0.800. The van der Waals surface area contributed by atoms with Crippen LogP contribution < -0.4 is 10.6 Å². The van der Waals surface area contributed by atoms with E-state index < -0.39 is 5.54 Å². The van der Waals surface area contributed by atoms with E-state index in [1.165, 1.54) is 0 Å². The summed E-state index contributed by atoms with van der Waals surface area (Å²) in [6.07, 6.45) is 1.71. The minimum atomic E-state index is -0.638. The van der Waals surface area contributed by atoms with Gasteiger partial charge in [0.1, 0.15) is 5.54 Å². The zero-order valence-electron chi connectivity index (χ0n) is 8.81. The Balaban J connectivity index is 2.33. The van der Waals surface area contributed by atoms with Crippen molar-refractivity contribution >= 4 is 11.9 Å². The first-order valence-corrected chi connectivity index (χ1v) is 4.99. The highest BCUT2D eigenvalue weighted by molar-refractivity contribution is 6.07. The van der Waals surface area contributed by atoms with E-state index in [-0.39, 0.29) is 23.3 Å². The first kappa shape index (κ1) is 9.49. The number of carbonyl (C=O) groups is 2. The number of urea groups is 1. The van der Waals surface area contributed by atoms with Crippen molar-refractivity contribution in [2.75, 3.05) is 0 Å². The summed E-state index contributed by atoms with van der Waals surface area (Å²) in [5, 5.41) is 5.11. The molecule has 0 aromatic heterocycles. The molecule has 0 bridgehead atoms. The molecule has 2 aliphatic rings. The van der Waals surface area contributed by atoms with E-state index in [0.29, 0.717) is 0 Å². The van der Waals surface area contributed by atoms with Gasteiger partial charge in [0, 0.05) is 0 Å². The van der Waals surface area contributed by atoms with Gasteiger partial charge in [0.2, 0.25) is 0 Å². The van der Waals surface area contributed by atoms with Crippen molar-refractivity contribution in [3.05, 3.63) is 0 Å². The molecule has 78 valence electrons. The largest absolute Gasteiger partial charge is 0.323 e. The summed E-state index contributed by atoms with van der Waals surface area (Å²) in [5.41, 5.74) is -0.505. The highest BCUT2D eigenvalue weighted by atomic mass is 16.2. The number of hydrogen-bond donors (Lipinski definition) is 2. The Hall–Kier alpha value is -1.06. The Kier molecular flexibility index (Phi) is 1.69. The molecule has 4 nitrogen and oxygen atoms in total. The Morgan fingerprint density at radius 1 is 1.36 bits per heavy atom. The van der Waals surface area contributed by atoms with Gasteiger partial charge in [0.25, 0.3) is 5.91 Å². The predicted molar refractivity (Wildman–Crippen MR) is 51.6 cm³/mol. The maximum atomic E-state index is 11.7. The third kappa shape index (κ3) is 1.13. The maximum absolute atomic E-state index is 11.7. The lowest BCUT2D eigenvalue weighted by atomic mass is 9.86. The van der Waals surface area contributed by atoms with Crippen molar-refractivity contribution in [2.45, 2.75) is 39.2 Å². The first-order valence-electron chi connectivity index (χ1n) is 4.99. The van der Waals surface area contributed by atoms with Crippen LogP contribution in [0.5, 0.6) is 0 Å².